The zero-order valence-electron chi connectivity index (χ0n) is 27.4. The van der Waals surface area contributed by atoms with Gasteiger partial charge in [-0.2, -0.15) is 0 Å². The number of esters is 3. The fourth-order valence-electron chi connectivity index (χ4n) is 10.6. The Labute approximate surface area is 268 Å². The maximum absolute atomic E-state index is 13.6. The Bertz CT molecular complexity index is 1360. The second kappa shape index (κ2) is 12.9. The third-order valence-electron chi connectivity index (χ3n) is 13.0. The number of hydrogen-bond acceptors (Lipinski definition) is 6. The van der Waals surface area contributed by atoms with Crippen molar-refractivity contribution in [2.75, 3.05) is 7.11 Å². The van der Waals surface area contributed by atoms with E-state index in [9.17, 15) is 14.4 Å². The van der Waals surface area contributed by atoms with Crippen molar-refractivity contribution in [2.45, 2.75) is 97.2 Å². The minimum Gasteiger partial charge on any atom is -0.469 e. The van der Waals surface area contributed by atoms with Gasteiger partial charge in [-0.05, 0) is 123 Å². The standard InChI is InChI=1S/C39H50O6/c1-25(15-20-35(40)43-4)31-18-19-32-30-17-16-28-23-29(44-36(41)26-11-7-5-8-12-26)21-22-38(28,2)33(30)24-34(39(31,32)3)45-37(42)27-13-9-6-10-14-27/h5-14,25,28-34H,15-24H2,1-4H3/t25?,28?,29-,30?,31?,32?,33?,34+,38+,39-/m1/s1. The van der Waals surface area contributed by atoms with Gasteiger partial charge in [0.25, 0.3) is 0 Å². The maximum Gasteiger partial charge on any atom is 0.338 e. The zero-order chi connectivity index (χ0) is 31.8. The van der Waals surface area contributed by atoms with Gasteiger partial charge in [-0.25, -0.2) is 9.59 Å². The monoisotopic (exact) mass is 614 g/mol. The van der Waals surface area contributed by atoms with E-state index < -0.39 is 0 Å². The van der Waals surface area contributed by atoms with Crippen molar-refractivity contribution in [2.24, 2.45) is 46.3 Å². The molecule has 0 radical (unpaired) electrons. The van der Waals surface area contributed by atoms with Crippen molar-refractivity contribution in [3.05, 3.63) is 71.8 Å². The molecule has 2 aromatic rings. The quantitative estimate of drug-likeness (QED) is 0.220. The van der Waals surface area contributed by atoms with Gasteiger partial charge < -0.3 is 14.2 Å². The fraction of sp³-hybridized carbons (Fsp3) is 0.615. The van der Waals surface area contributed by atoms with Crippen LogP contribution in [0.2, 0.25) is 0 Å². The van der Waals surface area contributed by atoms with E-state index in [2.05, 4.69) is 20.8 Å². The number of methoxy groups -OCH3 is 1. The molecule has 6 unspecified atom stereocenters. The highest BCUT2D eigenvalue weighted by atomic mass is 16.5. The molecule has 10 atom stereocenters. The molecule has 0 bridgehead atoms. The number of carbonyl (C=O) groups is 3. The van der Waals surface area contributed by atoms with Crippen LogP contribution < -0.4 is 0 Å². The molecule has 45 heavy (non-hydrogen) atoms. The molecule has 2 aromatic carbocycles. The lowest BCUT2D eigenvalue weighted by Gasteiger charge is -2.62. The van der Waals surface area contributed by atoms with E-state index in [4.69, 9.17) is 14.2 Å². The Balaban J connectivity index is 1.24. The van der Waals surface area contributed by atoms with Crippen molar-refractivity contribution in [1.82, 2.24) is 0 Å². The summed E-state index contributed by atoms with van der Waals surface area (Å²) < 4.78 is 17.6. The summed E-state index contributed by atoms with van der Waals surface area (Å²) in [5.41, 5.74) is 1.18. The van der Waals surface area contributed by atoms with Crippen LogP contribution in [0.4, 0.5) is 0 Å². The first kappa shape index (κ1) is 31.8. The van der Waals surface area contributed by atoms with Crippen LogP contribution in [-0.2, 0) is 19.0 Å². The van der Waals surface area contributed by atoms with Crippen molar-refractivity contribution in [1.29, 1.82) is 0 Å². The van der Waals surface area contributed by atoms with E-state index in [0.29, 0.717) is 53.1 Å². The van der Waals surface area contributed by atoms with Gasteiger partial charge in [0.2, 0.25) is 0 Å². The van der Waals surface area contributed by atoms with Crippen LogP contribution in [-0.4, -0.2) is 37.2 Å². The van der Waals surface area contributed by atoms with Crippen LogP contribution in [0.15, 0.2) is 60.7 Å². The molecule has 0 amide bonds. The molecule has 4 aliphatic rings. The van der Waals surface area contributed by atoms with Crippen LogP contribution in [0.1, 0.15) is 106 Å². The topological polar surface area (TPSA) is 78.9 Å². The van der Waals surface area contributed by atoms with Gasteiger partial charge in [-0.1, -0.05) is 57.2 Å². The number of rotatable bonds is 8. The van der Waals surface area contributed by atoms with E-state index in [1.807, 2.05) is 60.7 Å². The molecular weight excluding hydrogens is 564 g/mol. The Hall–Kier alpha value is -3.15. The van der Waals surface area contributed by atoms with E-state index in [-0.39, 0.29) is 40.9 Å². The number of fused-ring (bicyclic) bond motifs is 5. The molecule has 6 rings (SSSR count). The molecule has 0 spiro atoms. The molecule has 242 valence electrons. The second-order valence-corrected chi connectivity index (χ2v) is 15.0. The number of ether oxygens (including phenoxy) is 3. The van der Waals surface area contributed by atoms with E-state index in [1.54, 1.807) is 0 Å². The van der Waals surface area contributed by atoms with Gasteiger partial charge in [0.05, 0.1) is 18.2 Å². The van der Waals surface area contributed by atoms with Gasteiger partial charge >= 0.3 is 17.9 Å². The first-order valence-electron chi connectivity index (χ1n) is 17.2. The Kier molecular flexibility index (Phi) is 9.14. The summed E-state index contributed by atoms with van der Waals surface area (Å²) in [6.07, 6.45) is 9.21. The van der Waals surface area contributed by atoms with Crippen LogP contribution in [0.25, 0.3) is 0 Å². The summed E-state index contributed by atoms with van der Waals surface area (Å²) in [4.78, 5) is 38.6. The molecule has 0 aromatic heterocycles. The predicted octanol–water partition coefficient (Wildman–Crippen LogP) is 8.30. The van der Waals surface area contributed by atoms with E-state index in [1.165, 1.54) is 13.5 Å². The summed E-state index contributed by atoms with van der Waals surface area (Å²) in [7, 11) is 1.46. The Morgan fingerprint density at radius 2 is 1.44 bits per heavy atom. The Morgan fingerprint density at radius 1 is 0.800 bits per heavy atom. The molecule has 4 fully saturated rings. The van der Waals surface area contributed by atoms with E-state index >= 15 is 0 Å². The van der Waals surface area contributed by atoms with Crippen molar-refractivity contribution in [3.8, 4) is 0 Å². The van der Waals surface area contributed by atoms with Gasteiger partial charge in [0, 0.05) is 11.8 Å². The number of benzene rings is 2. The number of hydrogen-bond donors (Lipinski definition) is 0. The lowest BCUT2D eigenvalue weighted by Crippen LogP contribution is -2.59. The summed E-state index contributed by atoms with van der Waals surface area (Å²) in [5.74, 6) is 2.08. The Morgan fingerprint density at radius 3 is 2.09 bits per heavy atom. The lowest BCUT2D eigenvalue weighted by molar-refractivity contribution is -0.176. The van der Waals surface area contributed by atoms with Crippen LogP contribution in [0.5, 0.6) is 0 Å². The van der Waals surface area contributed by atoms with Gasteiger partial charge in [0.1, 0.15) is 12.2 Å². The molecule has 4 saturated carbocycles. The summed E-state index contributed by atoms with van der Waals surface area (Å²) in [5, 5.41) is 0. The third-order valence-corrected chi connectivity index (χ3v) is 13.0. The maximum atomic E-state index is 13.6. The molecule has 0 aliphatic heterocycles. The van der Waals surface area contributed by atoms with Gasteiger partial charge in [-0.3, -0.25) is 4.79 Å². The zero-order valence-corrected chi connectivity index (χ0v) is 27.4. The predicted molar refractivity (Wildman–Crippen MR) is 172 cm³/mol. The van der Waals surface area contributed by atoms with E-state index in [0.717, 1.165) is 51.4 Å². The first-order valence-corrected chi connectivity index (χ1v) is 17.2. The molecule has 0 N–H and O–H groups in total. The molecule has 6 heteroatoms. The second-order valence-electron chi connectivity index (χ2n) is 15.0. The highest BCUT2D eigenvalue weighted by Crippen LogP contribution is 2.69. The summed E-state index contributed by atoms with van der Waals surface area (Å²) in [6.45, 7) is 7.16. The van der Waals surface area contributed by atoms with Crippen molar-refractivity contribution < 1.29 is 28.6 Å². The van der Waals surface area contributed by atoms with Crippen molar-refractivity contribution in [3.63, 3.8) is 0 Å². The SMILES string of the molecule is COC(=O)CCC(C)C1CCC2C3CCC4C[C@H](OC(=O)c5ccccc5)CC[C@]4(C)C3C[C@H](OC(=O)c3ccccc3)[C@]12C. The summed E-state index contributed by atoms with van der Waals surface area (Å²) >= 11 is 0. The summed E-state index contributed by atoms with van der Waals surface area (Å²) in [6, 6.07) is 18.7. The minimum atomic E-state index is -0.235. The largest absolute Gasteiger partial charge is 0.469 e. The lowest BCUT2D eigenvalue weighted by atomic mass is 9.43. The molecule has 0 heterocycles. The highest BCUT2D eigenvalue weighted by molar-refractivity contribution is 5.90. The normalized spacial score (nSPS) is 36.0. The van der Waals surface area contributed by atoms with Crippen LogP contribution >= 0.6 is 0 Å². The molecule has 4 aliphatic carbocycles. The minimum absolute atomic E-state index is 0.0561. The smallest absolute Gasteiger partial charge is 0.338 e. The van der Waals surface area contributed by atoms with Crippen LogP contribution in [0, 0.1) is 46.3 Å². The molecule has 0 saturated heterocycles. The average Bonchev–Trinajstić information content (AvgIpc) is 3.43. The van der Waals surface area contributed by atoms with Gasteiger partial charge in [-0.15, -0.1) is 0 Å². The van der Waals surface area contributed by atoms with Crippen molar-refractivity contribution >= 4 is 17.9 Å². The van der Waals surface area contributed by atoms with Gasteiger partial charge in [0.15, 0.2) is 0 Å². The molecular formula is C39H50O6. The fourth-order valence-corrected chi connectivity index (χ4v) is 10.6. The molecule has 6 nitrogen and oxygen atoms in total. The third kappa shape index (κ3) is 5.94. The highest BCUT2D eigenvalue weighted by Gasteiger charge is 2.65. The first-order chi connectivity index (χ1) is 21.6. The number of carbonyl (C=O) groups excluding carboxylic acids is 3. The van der Waals surface area contributed by atoms with Crippen LogP contribution in [0.3, 0.4) is 0 Å². The average molecular weight is 615 g/mol.